The quantitative estimate of drug-likeness (QED) is 0.553. The third-order valence-corrected chi connectivity index (χ3v) is 6.20. The lowest BCUT2D eigenvalue weighted by Gasteiger charge is -2.10. The molecule has 0 saturated carbocycles. The van der Waals surface area contributed by atoms with Crippen molar-refractivity contribution < 1.29 is 18.3 Å². The summed E-state index contributed by atoms with van der Waals surface area (Å²) in [6, 6.07) is 14.1. The fourth-order valence-electron chi connectivity index (χ4n) is 2.92. The SMILES string of the molecule is COc1ccc(NS(=O)(=O)c2ccc(N=Cc3c(C)c(C#N)c(=O)n(C)c3O)cc2)cc1. The van der Waals surface area contributed by atoms with Crippen LogP contribution in [-0.4, -0.2) is 31.4 Å². The zero-order valence-corrected chi connectivity index (χ0v) is 18.3. The van der Waals surface area contributed by atoms with Crippen molar-refractivity contribution in [3.8, 4) is 17.7 Å². The lowest BCUT2D eigenvalue weighted by molar-refractivity contribution is 0.415. The fourth-order valence-corrected chi connectivity index (χ4v) is 3.98. The number of sulfonamides is 1. The Morgan fingerprint density at radius 1 is 1.16 bits per heavy atom. The van der Waals surface area contributed by atoms with E-state index >= 15 is 0 Å². The zero-order chi connectivity index (χ0) is 23.5. The summed E-state index contributed by atoms with van der Waals surface area (Å²) in [7, 11) is -0.933. The largest absolute Gasteiger partial charge is 0.497 e. The Morgan fingerprint density at radius 2 is 1.78 bits per heavy atom. The van der Waals surface area contributed by atoms with E-state index in [9.17, 15) is 23.6 Å². The van der Waals surface area contributed by atoms with Gasteiger partial charge in [-0.25, -0.2) is 8.42 Å². The van der Waals surface area contributed by atoms with Crippen LogP contribution in [0, 0.1) is 18.3 Å². The highest BCUT2D eigenvalue weighted by Gasteiger charge is 2.16. The van der Waals surface area contributed by atoms with Gasteiger partial charge in [-0.15, -0.1) is 0 Å². The Balaban J connectivity index is 1.85. The molecule has 0 radical (unpaired) electrons. The van der Waals surface area contributed by atoms with Crippen molar-refractivity contribution in [3.05, 3.63) is 75.6 Å². The second kappa shape index (κ2) is 8.95. The van der Waals surface area contributed by atoms with E-state index in [2.05, 4.69) is 9.71 Å². The van der Waals surface area contributed by atoms with Crippen LogP contribution in [0.25, 0.3) is 0 Å². The summed E-state index contributed by atoms with van der Waals surface area (Å²) in [6.45, 7) is 1.54. The molecule has 0 unspecified atom stereocenters. The van der Waals surface area contributed by atoms with Gasteiger partial charge in [0.15, 0.2) is 0 Å². The lowest BCUT2D eigenvalue weighted by Crippen LogP contribution is -2.22. The minimum atomic E-state index is -3.81. The van der Waals surface area contributed by atoms with Crippen molar-refractivity contribution in [2.24, 2.45) is 12.0 Å². The Bertz CT molecular complexity index is 1380. The number of aliphatic imine (C=N–C) groups is 1. The van der Waals surface area contributed by atoms with Crippen molar-refractivity contribution >= 4 is 27.6 Å². The molecular weight excluding hydrogens is 432 g/mol. The lowest BCUT2D eigenvalue weighted by atomic mass is 10.1. The molecule has 2 N–H and O–H groups in total. The van der Waals surface area contributed by atoms with Crippen molar-refractivity contribution in [1.82, 2.24) is 4.57 Å². The molecule has 0 aliphatic carbocycles. The molecule has 32 heavy (non-hydrogen) atoms. The van der Waals surface area contributed by atoms with Gasteiger partial charge in [-0.2, -0.15) is 5.26 Å². The summed E-state index contributed by atoms with van der Waals surface area (Å²) in [6.07, 6.45) is 1.32. The van der Waals surface area contributed by atoms with E-state index in [0.717, 1.165) is 4.57 Å². The highest BCUT2D eigenvalue weighted by molar-refractivity contribution is 7.92. The molecular formula is C22H20N4O5S. The predicted octanol–water partition coefficient (Wildman–Crippen LogP) is 2.83. The van der Waals surface area contributed by atoms with Crippen molar-refractivity contribution in [1.29, 1.82) is 5.26 Å². The average Bonchev–Trinajstić information content (AvgIpc) is 2.78. The van der Waals surface area contributed by atoms with E-state index in [1.54, 1.807) is 31.2 Å². The van der Waals surface area contributed by atoms with Crippen molar-refractivity contribution in [2.75, 3.05) is 11.8 Å². The zero-order valence-electron chi connectivity index (χ0n) is 17.5. The molecule has 0 fully saturated rings. The van der Waals surface area contributed by atoms with Gasteiger partial charge in [0.1, 0.15) is 17.4 Å². The van der Waals surface area contributed by atoms with E-state index in [-0.39, 0.29) is 21.9 Å². The topological polar surface area (TPSA) is 134 Å². The van der Waals surface area contributed by atoms with Gasteiger partial charge in [0.2, 0.25) is 5.88 Å². The molecule has 0 aliphatic rings. The van der Waals surface area contributed by atoms with Crippen LogP contribution in [0.4, 0.5) is 11.4 Å². The van der Waals surface area contributed by atoms with Crippen LogP contribution >= 0.6 is 0 Å². The number of ether oxygens (including phenoxy) is 1. The maximum Gasteiger partial charge on any atom is 0.271 e. The van der Waals surface area contributed by atoms with E-state index in [1.165, 1.54) is 44.6 Å². The minimum absolute atomic E-state index is 0.0418. The smallest absolute Gasteiger partial charge is 0.271 e. The summed E-state index contributed by atoms with van der Waals surface area (Å²) in [5.74, 6) is 0.287. The highest BCUT2D eigenvalue weighted by Crippen LogP contribution is 2.23. The average molecular weight is 452 g/mol. The van der Waals surface area contributed by atoms with Gasteiger partial charge in [0, 0.05) is 18.9 Å². The fraction of sp³-hybridized carbons (Fsp3) is 0.136. The molecule has 0 atom stereocenters. The van der Waals surface area contributed by atoms with Crippen LogP contribution in [-0.2, 0) is 17.1 Å². The Morgan fingerprint density at radius 3 is 2.34 bits per heavy atom. The number of aromatic hydroxyl groups is 1. The summed E-state index contributed by atoms with van der Waals surface area (Å²) < 4.78 is 33.7. The molecule has 9 nitrogen and oxygen atoms in total. The van der Waals surface area contributed by atoms with E-state index in [1.807, 2.05) is 6.07 Å². The van der Waals surface area contributed by atoms with E-state index < -0.39 is 15.6 Å². The Hall–Kier alpha value is -4.10. The molecule has 164 valence electrons. The van der Waals surface area contributed by atoms with E-state index in [4.69, 9.17) is 4.74 Å². The summed E-state index contributed by atoms with van der Waals surface area (Å²) in [4.78, 5) is 16.3. The third-order valence-electron chi connectivity index (χ3n) is 4.80. The first kappa shape index (κ1) is 22.6. The molecule has 3 aromatic rings. The predicted molar refractivity (Wildman–Crippen MR) is 120 cm³/mol. The van der Waals surface area contributed by atoms with Crippen LogP contribution in [0.2, 0.25) is 0 Å². The minimum Gasteiger partial charge on any atom is -0.497 e. The monoisotopic (exact) mass is 452 g/mol. The van der Waals surface area contributed by atoms with Gasteiger partial charge < -0.3 is 9.84 Å². The number of nitrogens with zero attached hydrogens (tertiary/aromatic N) is 3. The third kappa shape index (κ3) is 4.48. The highest BCUT2D eigenvalue weighted by atomic mass is 32.2. The number of rotatable bonds is 6. The van der Waals surface area contributed by atoms with Gasteiger partial charge in [0.25, 0.3) is 15.6 Å². The van der Waals surface area contributed by atoms with Gasteiger partial charge in [0.05, 0.1) is 23.3 Å². The van der Waals surface area contributed by atoms with Gasteiger partial charge >= 0.3 is 0 Å². The number of aromatic nitrogens is 1. The molecule has 10 heteroatoms. The van der Waals surface area contributed by atoms with Crippen LogP contribution < -0.4 is 15.0 Å². The molecule has 0 amide bonds. The normalized spacial score (nSPS) is 11.3. The van der Waals surface area contributed by atoms with Crippen molar-refractivity contribution in [2.45, 2.75) is 11.8 Å². The molecule has 2 aromatic carbocycles. The number of hydrogen-bond acceptors (Lipinski definition) is 7. The number of benzene rings is 2. The Kier molecular flexibility index (Phi) is 6.32. The molecule has 0 aliphatic heterocycles. The number of nitriles is 1. The molecule has 0 spiro atoms. The van der Waals surface area contributed by atoms with Crippen LogP contribution in [0.3, 0.4) is 0 Å². The van der Waals surface area contributed by atoms with Crippen LogP contribution in [0.5, 0.6) is 11.6 Å². The first-order chi connectivity index (χ1) is 15.2. The molecule has 0 saturated heterocycles. The van der Waals surface area contributed by atoms with Crippen molar-refractivity contribution in [3.63, 3.8) is 0 Å². The Labute approximate surface area is 184 Å². The van der Waals surface area contributed by atoms with Crippen LogP contribution in [0.1, 0.15) is 16.7 Å². The standard InChI is InChI=1S/C22H20N4O5S/c1-14-19(12-23)21(27)26(2)22(28)20(14)13-24-15-6-10-18(11-7-15)32(29,30)25-16-4-8-17(31-3)9-5-16/h4-11,13,25,28H,1-3H3. The first-order valence-corrected chi connectivity index (χ1v) is 10.8. The molecule has 0 bridgehead atoms. The summed E-state index contributed by atoms with van der Waals surface area (Å²) in [5, 5.41) is 19.5. The maximum atomic E-state index is 12.6. The molecule has 1 aromatic heterocycles. The second-order valence-corrected chi connectivity index (χ2v) is 8.48. The van der Waals surface area contributed by atoms with Gasteiger partial charge in [-0.3, -0.25) is 19.1 Å². The van der Waals surface area contributed by atoms with Gasteiger partial charge in [-0.05, 0) is 61.0 Å². The number of anilines is 1. The second-order valence-electron chi connectivity index (χ2n) is 6.80. The number of methoxy groups -OCH3 is 1. The number of nitrogens with one attached hydrogen (secondary N) is 1. The molecule has 1 heterocycles. The number of pyridine rings is 1. The summed E-state index contributed by atoms with van der Waals surface area (Å²) in [5.41, 5.74) is 0.652. The van der Waals surface area contributed by atoms with E-state index in [0.29, 0.717) is 22.7 Å². The first-order valence-electron chi connectivity index (χ1n) is 9.31. The maximum absolute atomic E-state index is 12.6. The molecule has 3 rings (SSSR count). The summed E-state index contributed by atoms with van der Waals surface area (Å²) >= 11 is 0. The van der Waals surface area contributed by atoms with Gasteiger partial charge in [-0.1, -0.05) is 0 Å². The number of hydrogen-bond donors (Lipinski definition) is 2. The van der Waals surface area contributed by atoms with Crippen LogP contribution in [0.15, 0.2) is 63.2 Å².